The summed E-state index contributed by atoms with van der Waals surface area (Å²) in [6.07, 6.45) is 1.81. The van der Waals surface area contributed by atoms with Gasteiger partial charge in [-0.3, -0.25) is 9.59 Å². The lowest BCUT2D eigenvalue weighted by atomic mass is 10.0. The van der Waals surface area contributed by atoms with Crippen molar-refractivity contribution in [1.29, 1.82) is 0 Å². The number of hydrogen-bond donors (Lipinski definition) is 1. The molecule has 0 aromatic carbocycles. The number of aromatic nitrogens is 1. The molecular formula is C13H20N2O3S. The fraction of sp³-hybridized carbons (Fsp3) is 0.615. The van der Waals surface area contributed by atoms with Gasteiger partial charge in [-0.05, 0) is 19.8 Å². The molecule has 0 saturated carbocycles. The molecule has 0 spiro atoms. The minimum atomic E-state index is -0.301. The minimum absolute atomic E-state index is 0.00765. The number of ether oxygens (including phenoxy) is 1. The zero-order valence-electron chi connectivity index (χ0n) is 11.8. The van der Waals surface area contributed by atoms with E-state index in [1.165, 1.54) is 18.4 Å². The van der Waals surface area contributed by atoms with Crippen molar-refractivity contribution in [3.8, 4) is 0 Å². The molecule has 1 amide bonds. The van der Waals surface area contributed by atoms with Crippen LogP contribution in [0.25, 0.3) is 0 Å². The van der Waals surface area contributed by atoms with Gasteiger partial charge in [0.1, 0.15) is 0 Å². The Hall–Kier alpha value is -1.43. The summed E-state index contributed by atoms with van der Waals surface area (Å²) in [5.74, 6) is -0.304. The fourth-order valence-corrected chi connectivity index (χ4v) is 2.67. The van der Waals surface area contributed by atoms with Gasteiger partial charge in [0.25, 0.3) is 0 Å². The zero-order chi connectivity index (χ0) is 14.4. The highest BCUT2D eigenvalue weighted by Crippen LogP contribution is 2.24. The van der Waals surface area contributed by atoms with Crippen LogP contribution in [0, 0.1) is 12.8 Å². The molecule has 106 valence electrons. The van der Waals surface area contributed by atoms with E-state index in [9.17, 15) is 9.59 Å². The smallest absolute Gasteiger partial charge is 0.310 e. The lowest BCUT2D eigenvalue weighted by Crippen LogP contribution is -2.21. The number of carbonyl (C=O) groups excluding carboxylic acids is 2. The van der Waals surface area contributed by atoms with E-state index in [0.717, 1.165) is 23.4 Å². The molecule has 0 aliphatic carbocycles. The van der Waals surface area contributed by atoms with Crippen LogP contribution in [0.15, 0.2) is 0 Å². The average molecular weight is 284 g/mol. The first-order chi connectivity index (χ1) is 9.01. The monoisotopic (exact) mass is 284 g/mol. The van der Waals surface area contributed by atoms with E-state index < -0.39 is 0 Å². The van der Waals surface area contributed by atoms with Crippen LogP contribution in [0.4, 0.5) is 5.13 Å². The molecule has 1 rings (SSSR count). The van der Waals surface area contributed by atoms with Crippen molar-refractivity contribution in [1.82, 2.24) is 4.98 Å². The number of amides is 1. The van der Waals surface area contributed by atoms with Crippen LogP contribution < -0.4 is 5.32 Å². The molecule has 5 nitrogen and oxygen atoms in total. The number of nitrogens with zero attached hydrogens (tertiary/aromatic N) is 1. The molecule has 1 aromatic rings. The van der Waals surface area contributed by atoms with Crippen LogP contribution in [-0.2, 0) is 20.7 Å². The second-order valence-electron chi connectivity index (χ2n) is 4.28. The highest BCUT2D eigenvalue weighted by molar-refractivity contribution is 7.16. The topological polar surface area (TPSA) is 68.3 Å². The molecule has 1 aromatic heterocycles. The van der Waals surface area contributed by atoms with Gasteiger partial charge in [0.15, 0.2) is 5.13 Å². The van der Waals surface area contributed by atoms with Crippen molar-refractivity contribution in [3.63, 3.8) is 0 Å². The fourth-order valence-electron chi connectivity index (χ4n) is 1.72. The van der Waals surface area contributed by atoms with Crippen molar-refractivity contribution >= 4 is 28.3 Å². The maximum atomic E-state index is 11.9. The lowest BCUT2D eigenvalue weighted by Gasteiger charge is -2.10. The highest BCUT2D eigenvalue weighted by atomic mass is 32.1. The normalized spacial score (nSPS) is 10.6. The van der Waals surface area contributed by atoms with Gasteiger partial charge < -0.3 is 10.1 Å². The summed E-state index contributed by atoms with van der Waals surface area (Å²) in [5.41, 5.74) is 0.759. The van der Waals surface area contributed by atoms with E-state index in [2.05, 4.69) is 15.0 Å². The van der Waals surface area contributed by atoms with E-state index in [1.807, 2.05) is 20.8 Å². The molecule has 0 aliphatic heterocycles. The molecule has 0 radical (unpaired) electrons. The average Bonchev–Trinajstić information content (AvgIpc) is 2.70. The molecule has 19 heavy (non-hydrogen) atoms. The first-order valence-corrected chi connectivity index (χ1v) is 7.17. The van der Waals surface area contributed by atoms with Crippen molar-refractivity contribution in [3.05, 3.63) is 10.6 Å². The van der Waals surface area contributed by atoms with E-state index in [0.29, 0.717) is 5.13 Å². The Morgan fingerprint density at radius 1 is 1.37 bits per heavy atom. The Kier molecular flexibility index (Phi) is 5.95. The number of hydrogen-bond acceptors (Lipinski definition) is 5. The van der Waals surface area contributed by atoms with Gasteiger partial charge in [0.2, 0.25) is 5.91 Å². The first-order valence-electron chi connectivity index (χ1n) is 6.35. The van der Waals surface area contributed by atoms with Gasteiger partial charge in [0, 0.05) is 10.8 Å². The predicted molar refractivity (Wildman–Crippen MR) is 75.3 cm³/mol. The molecule has 0 saturated heterocycles. The number of rotatable bonds is 6. The van der Waals surface area contributed by atoms with Gasteiger partial charge in [-0.25, -0.2) is 4.98 Å². The summed E-state index contributed by atoms with van der Waals surface area (Å²) in [5, 5.41) is 3.36. The third-order valence-electron chi connectivity index (χ3n) is 3.01. The van der Waals surface area contributed by atoms with Crippen LogP contribution in [0.5, 0.6) is 0 Å². The van der Waals surface area contributed by atoms with Gasteiger partial charge in [-0.1, -0.05) is 13.8 Å². The summed E-state index contributed by atoms with van der Waals surface area (Å²) >= 11 is 1.33. The molecule has 1 N–H and O–H groups in total. The van der Waals surface area contributed by atoms with E-state index >= 15 is 0 Å². The Bertz CT molecular complexity index is 453. The van der Waals surface area contributed by atoms with Gasteiger partial charge in [0.05, 0.1) is 19.2 Å². The van der Waals surface area contributed by atoms with Gasteiger partial charge >= 0.3 is 5.97 Å². The molecule has 0 aliphatic rings. The largest absolute Gasteiger partial charge is 0.469 e. The molecule has 0 atom stereocenters. The van der Waals surface area contributed by atoms with Crippen LogP contribution in [0.2, 0.25) is 0 Å². The van der Waals surface area contributed by atoms with E-state index in [1.54, 1.807) is 0 Å². The molecule has 0 unspecified atom stereocenters. The Labute approximate surface area is 117 Å². The number of methoxy groups -OCH3 is 1. The van der Waals surface area contributed by atoms with E-state index in [4.69, 9.17) is 0 Å². The SMILES string of the molecule is CCC(CC)C(=O)Nc1nc(C)c(CC(=O)OC)s1. The highest BCUT2D eigenvalue weighted by Gasteiger charge is 2.17. The first kappa shape index (κ1) is 15.6. The number of aryl methyl sites for hydroxylation is 1. The second kappa shape index (κ2) is 7.23. The second-order valence-corrected chi connectivity index (χ2v) is 5.37. The minimum Gasteiger partial charge on any atom is -0.469 e. The van der Waals surface area contributed by atoms with Crippen molar-refractivity contribution < 1.29 is 14.3 Å². The summed E-state index contributed by atoms with van der Waals surface area (Å²) in [7, 11) is 1.36. The molecule has 1 heterocycles. The maximum absolute atomic E-state index is 11.9. The van der Waals surface area contributed by atoms with Gasteiger partial charge in [-0.2, -0.15) is 0 Å². The summed E-state index contributed by atoms with van der Waals surface area (Å²) in [4.78, 5) is 28.3. The standard InChI is InChI=1S/C13H20N2O3S/c1-5-9(6-2)12(17)15-13-14-8(3)10(19-13)7-11(16)18-4/h9H,5-7H2,1-4H3,(H,14,15,17). The number of thiazole rings is 1. The van der Waals surface area contributed by atoms with E-state index in [-0.39, 0.29) is 24.2 Å². The van der Waals surface area contributed by atoms with Crippen LogP contribution >= 0.6 is 11.3 Å². The number of esters is 1. The van der Waals surface area contributed by atoms with Crippen LogP contribution in [0.3, 0.4) is 0 Å². The molecule has 0 fully saturated rings. The maximum Gasteiger partial charge on any atom is 0.310 e. The number of nitrogens with one attached hydrogen (secondary N) is 1. The van der Waals surface area contributed by atoms with Gasteiger partial charge in [-0.15, -0.1) is 11.3 Å². The van der Waals surface area contributed by atoms with Crippen LogP contribution in [-0.4, -0.2) is 24.0 Å². The molecule has 6 heteroatoms. The Morgan fingerprint density at radius 3 is 2.53 bits per heavy atom. The summed E-state index contributed by atoms with van der Waals surface area (Å²) < 4.78 is 4.63. The lowest BCUT2D eigenvalue weighted by molar-refractivity contribution is -0.139. The Morgan fingerprint density at radius 2 is 2.00 bits per heavy atom. The summed E-state index contributed by atoms with van der Waals surface area (Å²) in [6, 6.07) is 0. The molecule has 0 bridgehead atoms. The van der Waals surface area contributed by atoms with Crippen molar-refractivity contribution in [2.45, 2.75) is 40.0 Å². The number of anilines is 1. The third kappa shape index (κ3) is 4.31. The van der Waals surface area contributed by atoms with Crippen molar-refractivity contribution in [2.24, 2.45) is 5.92 Å². The third-order valence-corrected chi connectivity index (χ3v) is 4.08. The Balaban J connectivity index is 2.73. The zero-order valence-corrected chi connectivity index (χ0v) is 12.6. The molecular weight excluding hydrogens is 264 g/mol. The van der Waals surface area contributed by atoms with Crippen LogP contribution in [0.1, 0.15) is 37.3 Å². The predicted octanol–water partition coefficient (Wildman–Crippen LogP) is 2.54. The van der Waals surface area contributed by atoms with Crippen molar-refractivity contribution in [2.75, 3.05) is 12.4 Å². The summed E-state index contributed by atoms with van der Waals surface area (Å²) in [6.45, 7) is 5.80. The quantitative estimate of drug-likeness (QED) is 0.815. The number of carbonyl (C=O) groups is 2.